The van der Waals surface area contributed by atoms with E-state index in [4.69, 9.17) is 17.0 Å². The van der Waals surface area contributed by atoms with E-state index in [1.165, 1.54) is 17.3 Å². The number of thiocarbonyl (C=S) groups is 1. The fourth-order valence-corrected chi connectivity index (χ4v) is 4.61. The van der Waals surface area contributed by atoms with Crippen LogP contribution < -0.4 is 10.1 Å². The Morgan fingerprint density at radius 2 is 1.88 bits per heavy atom. The fraction of sp³-hybridized carbons (Fsp3) is 0.320. The van der Waals surface area contributed by atoms with Crippen molar-refractivity contribution < 1.29 is 14.3 Å². The van der Waals surface area contributed by atoms with Crippen molar-refractivity contribution in [1.82, 2.24) is 4.90 Å². The van der Waals surface area contributed by atoms with E-state index in [9.17, 15) is 9.59 Å². The van der Waals surface area contributed by atoms with Gasteiger partial charge in [0.15, 0.2) is 0 Å². The first-order valence-electron chi connectivity index (χ1n) is 10.8. The zero-order chi connectivity index (χ0) is 22.9. The Morgan fingerprint density at radius 3 is 2.62 bits per heavy atom. The quantitative estimate of drug-likeness (QED) is 0.272. The number of thioether (sulfide) groups is 1. The third kappa shape index (κ3) is 6.68. The van der Waals surface area contributed by atoms with Crippen LogP contribution in [0.5, 0.6) is 5.75 Å². The van der Waals surface area contributed by atoms with Gasteiger partial charge in [-0.3, -0.25) is 14.5 Å². The van der Waals surface area contributed by atoms with Gasteiger partial charge in [-0.2, -0.15) is 0 Å². The van der Waals surface area contributed by atoms with Crippen LogP contribution >= 0.6 is 24.0 Å². The number of ether oxygens (including phenoxy) is 1. The summed E-state index contributed by atoms with van der Waals surface area (Å²) in [6, 6.07) is 15.5. The minimum atomic E-state index is -0.0382. The highest BCUT2D eigenvalue weighted by atomic mass is 32.2. The summed E-state index contributed by atoms with van der Waals surface area (Å²) in [6.07, 6.45) is 4.70. The average molecular weight is 469 g/mol. The van der Waals surface area contributed by atoms with Crippen molar-refractivity contribution in [3.05, 3.63) is 64.6 Å². The van der Waals surface area contributed by atoms with E-state index < -0.39 is 0 Å². The maximum atomic E-state index is 12.7. The van der Waals surface area contributed by atoms with Crippen molar-refractivity contribution in [2.24, 2.45) is 0 Å². The van der Waals surface area contributed by atoms with Crippen molar-refractivity contribution in [3.8, 4) is 5.75 Å². The highest BCUT2D eigenvalue weighted by molar-refractivity contribution is 8.26. The lowest BCUT2D eigenvalue weighted by Crippen LogP contribution is -2.29. The van der Waals surface area contributed by atoms with Gasteiger partial charge >= 0.3 is 0 Å². The number of rotatable bonds is 10. The summed E-state index contributed by atoms with van der Waals surface area (Å²) in [5.41, 5.74) is 2.87. The van der Waals surface area contributed by atoms with Gasteiger partial charge in [0.1, 0.15) is 10.1 Å². The molecule has 1 aliphatic rings. The maximum absolute atomic E-state index is 12.7. The summed E-state index contributed by atoms with van der Waals surface area (Å²) in [4.78, 5) is 27.3. The molecule has 5 nitrogen and oxygen atoms in total. The van der Waals surface area contributed by atoms with Gasteiger partial charge in [-0.05, 0) is 50.5 Å². The molecule has 3 rings (SSSR count). The van der Waals surface area contributed by atoms with E-state index in [0.717, 1.165) is 24.8 Å². The Bertz CT molecular complexity index is 1000. The van der Waals surface area contributed by atoms with Gasteiger partial charge in [-0.15, -0.1) is 0 Å². The second-order valence-corrected chi connectivity index (χ2v) is 9.21. The largest absolute Gasteiger partial charge is 0.492 e. The standard InChI is InChI=1S/C25H28N2O3S2/c1-3-30-21-10-7-6-9-20(21)26-23(28)11-5-4-8-16-27-24(29)22(32-25(27)31)17-19-14-12-18(2)13-15-19/h6-7,9-10,12-15,17H,3-5,8,11,16H2,1-2H3,(H,26,28)/b22-17-. The number of anilines is 1. The normalized spacial score (nSPS) is 14.8. The number of benzene rings is 2. The number of hydrogen-bond donors (Lipinski definition) is 1. The minimum Gasteiger partial charge on any atom is -0.492 e. The molecule has 1 N–H and O–H groups in total. The predicted octanol–water partition coefficient (Wildman–Crippen LogP) is 5.79. The molecule has 32 heavy (non-hydrogen) atoms. The zero-order valence-electron chi connectivity index (χ0n) is 18.4. The molecule has 0 saturated carbocycles. The number of aryl methyl sites for hydroxylation is 1. The van der Waals surface area contributed by atoms with Crippen molar-refractivity contribution in [2.45, 2.75) is 39.5 Å². The van der Waals surface area contributed by atoms with Gasteiger partial charge in [0.2, 0.25) is 5.91 Å². The lowest BCUT2D eigenvalue weighted by atomic mass is 10.1. The van der Waals surface area contributed by atoms with Crippen molar-refractivity contribution in [1.29, 1.82) is 0 Å². The number of carbonyl (C=O) groups excluding carboxylic acids is 2. The summed E-state index contributed by atoms with van der Waals surface area (Å²) >= 11 is 6.76. The van der Waals surface area contributed by atoms with Gasteiger partial charge in [-0.1, -0.05) is 72.4 Å². The van der Waals surface area contributed by atoms with Crippen LogP contribution in [-0.2, 0) is 9.59 Å². The molecule has 168 valence electrons. The number of carbonyl (C=O) groups is 2. The molecule has 2 amide bonds. The van der Waals surface area contributed by atoms with Crippen LogP contribution in [0, 0.1) is 6.92 Å². The Balaban J connectivity index is 1.42. The third-order valence-corrected chi connectivity index (χ3v) is 6.37. The number of nitrogens with zero attached hydrogens (tertiary/aromatic N) is 1. The zero-order valence-corrected chi connectivity index (χ0v) is 20.1. The molecule has 2 aromatic rings. The van der Waals surface area contributed by atoms with Gasteiger partial charge in [0.25, 0.3) is 5.91 Å². The molecule has 2 aromatic carbocycles. The number of unbranched alkanes of at least 4 members (excludes halogenated alkanes) is 2. The molecule has 0 bridgehead atoms. The minimum absolute atomic E-state index is 0.0363. The van der Waals surface area contributed by atoms with Crippen LogP contribution in [0.1, 0.15) is 43.7 Å². The van der Waals surface area contributed by atoms with E-state index in [2.05, 4.69) is 5.32 Å². The van der Waals surface area contributed by atoms with E-state index in [1.54, 1.807) is 4.90 Å². The van der Waals surface area contributed by atoms with Crippen molar-refractivity contribution >= 4 is 51.9 Å². The van der Waals surface area contributed by atoms with E-state index in [1.807, 2.05) is 68.5 Å². The summed E-state index contributed by atoms with van der Waals surface area (Å²) < 4.78 is 6.13. The number of hydrogen-bond acceptors (Lipinski definition) is 5. The van der Waals surface area contributed by atoms with Gasteiger partial charge < -0.3 is 10.1 Å². The summed E-state index contributed by atoms with van der Waals surface area (Å²) in [7, 11) is 0. The molecule has 1 saturated heterocycles. The van der Waals surface area contributed by atoms with E-state index in [0.29, 0.717) is 40.2 Å². The molecule has 0 unspecified atom stereocenters. The van der Waals surface area contributed by atoms with Crippen molar-refractivity contribution in [2.75, 3.05) is 18.5 Å². The molecule has 1 heterocycles. The van der Waals surface area contributed by atoms with Gasteiger partial charge in [0.05, 0.1) is 17.2 Å². The molecule has 1 aliphatic heterocycles. The third-order valence-electron chi connectivity index (χ3n) is 5.00. The Morgan fingerprint density at radius 1 is 1.12 bits per heavy atom. The summed E-state index contributed by atoms with van der Waals surface area (Å²) in [5, 5.41) is 2.91. The Labute approximate surface area is 199 Å². The Kier molecular flexibility index (Phi) is 8.88. The molecule has 0 aromatic heterocycles. The van der Waals surface area contributed by atoms with Gasteiger partial charge in [-0.25, -0.2) is 0 Å². The highest BCUT2D eigenvalue weighted by Gasteiger charge is 2.31. The van der Waals surface area contributed by atoms with Crippen LogP contribution in [0.4, 0.5) is 5.69 Å². The first kappa shape index (κ1) is 24.0. The molecule has 7 heteroatoms. The first-order valence-corrected chi connectivity index (χ1v) is 12.0. The maximum Gasteiger partial charge on any atom is 0.266 e. The number of para-hydroxylation sites is 2. The van der Waals surface area contributed by atoms with E-state index >= 15 is 0 Å². The summed E-state index contributed by atoms with van der Waals surface area (Å²) in [5.74, 6) is 0.603. The Hall–Kier alpha value is -2.64. The molecule has 0 atom stereocenters. The lowest BCUT2D eigenvalue weighted by molar-refractivity contribution is -0.122. The van der Waals surface area contributed by atoms with Crippen LogP contribution in [0.25, 0.3) is 6.08 Å². The SMILES string of the molecule is CCOc1ccccc1NC(=O)CCCCCN1C(=O)/C(=C/c2ccc(C)cc2)SC1=S. The molecule has 0 aliphatic carbocycles. The second-order valence-electron chi connectivity index (χ2n) is 7.53. The van der Waals surface area contributed by atoms with Crippen LogP contribution in [-0.4, -0.2) is 34.2 Å². The molecule has 0 spiro atoms. The second kappa shape index (κ2) is 11.8. The smallest absolute Gasteiger partial charge is 0.266 e. The first-order chi connectivity index (χ1) is 15.5. The number of nitrogens with one attached hydrogen (secondary N) is 1. The highest BCUT2D eigenvalue weighted by Crippen LogP contribution is 2.33. The van der Waals surface area contributed by atoms with Crippen LogP contribution in [0.15, 0.2) is 53.4 Å². The van der Waals surface area contributed by atoms with Crippen LogP contribution in [0.2, 0.25) is 0 Å². The monoisotopic (exact) mass is 468 g/mol. The van der Waals surface area contributed by atoms with Gasteiger partial charge in [0, 0.05) is 13.0 Å². The molecular weight excluding hydrogens is 440 g/mol. The molecule has 0 radical (unpaired) electrons. The average Bonchev–Trinajstić information content (AvgIpc) is 3.04. The summed E-state index contributed by atoms with van der Waals surface area (Å²) in [6.45, 7) is 5.07. The molecular formula is C25H28N2O3S2. The van der Waals surface area contributed by atoms with E-state index in [-0.39, 0.29) is 11.8 Å². The number of amides is 2. The predicted molar refractivity (Wildman–Crippen MR) is 136 cm³/mol. The lowest BCUT2D eigenvalue weighted by Gasteiger charge is -2.14. The van der Waals surface area contributed by atoms with Crippen LogP contribution in [0.3, 0.4) is 0 Å². The molecule has 1 fully saturated rings. The fourth-order valence-electron chi connectivity index (χ4n) is 3.30. The van der Waals surface area contributed by atoms with Crippen molar-refractivity contribution in [3.63, 3.8) is 0 Å². The topological polar surface area (TPSA) is 58.6 Å².